The van der Waals surface area contributed by atoms with Gasteiger partial charge in [0, 0.05) is 23.7 Å². The Bertz CT molecular complexity index is 1730. The number of pyridine rings is 1. The zero-order valence-electron chi connectivity index (χ0n) is 22.8. The topological polar surface area (TPSA) is 84.6 Å². The number of hydrogen-bond acceptors (Lipinski definition) is 5. The number of amides is 1. The number of oxime groups is 1. The van der Waals surface area contributed by atoms with Gasteiger partial charge in [-0.1, -0.05) is 58.2 Å². The van der Waals surface area contributed by atoms with Gasteiger partial charge in [0.15, 0.2) is 5.60 Å². The van der Waals surface area contributed by atoms with E-state index < -0.39 is 18.3 Å². The Morgan fingerprint density at radius 2 is 1.83 bits per heavy atom. The van der Waals surface area contributed by atoms with E-state index in [0.717, 1.165) is 38.9 Å². The molecule has 0 aliphatic carbocycles. The summed E-state index contributed by atoms with van der Waals surface area (Å²) in [5.74, 6) is -0.234. The van der Waals surface area contributed by atoms with Gasteiger partial charge < -0.3 is 24.2 Å². The first-order valence-corrected chi connectivity index (χ1v) is 14.3. The van der Waals surface area contributed by atoms with Crippen LogP contribution in [0, 0.1) is 0 Å². The first kappa shape index (κ1) is 28.1. The second-order valence-electron chi connectivity index (χ2n) is 11.2. The normalized spacial score (nSPS) is 20.1. The lowest BCUT2D eigenvalue weighted by Gasteiger charge is -2.23. The van der Waals surface area contributed by atoms with Gasteiger partial charge in [0.05, 0.1) is 37.9 Å². The monoisotopic (exact) mass is 609 g/mol. The van der Waals surface area contributed by atoms with Crippen LogP contribution in [0.15, 0.2) is 65.9 Å². The van der Waals surface area contributed by atoms with Gasteiger partial charge in [0.2, 0.25) is 0 Å². The molecule has 2 aliphatic rings. The van der Waals surface area contributed by atoms with E-state index in [1.807, 2.05) is 74.7 Å². The van der Waals surface area contributed by atoms with Gasteiger partial charge in [-0.2, -0.15) is 0 Å². The minimum Gasteiger partial charge on any atom is -0.423 e. The molecular formula is C30H27BCl3N3O4. The molecule has 11 heteroatoms. The van der Waals surface area contributed by atoms with Crippen LogP contribution in [0.3, 0.4) is 0 Å². The number of carbonyl (C=O) groups excluding carboxylic acids is 1. The number of carbonyl (C=O) groups is 1. The van der Waals surface area contributed by atoms with Crippen LogP contribution < -0.4 is 10.8 Å². The van der Waals surface area contributed by atoms with Gasteiger partial charge in [-0.25, -0.2) is 0 Å². The summed E-state index contributed by atoms with van der Waals surface area (Å²) in [5.41, 5.74) is 4.83. The first-order chi connectivity index (χ1) is 19.4. The second-order valence-corrected chi connectivity index (χ2v) is 12.4. The quantitative estimate of drug-likeness (QED) is 0.203. The second kappa shape index (κ2) is 10.1. The minimum absolute atomic E-state index is 0.234. The van der Waals surface area contributed by atoms with Gasteiger partial charge >= 0.3 is 7.12 Å². The Morgan fingerprint density at radius 1 is 1.10 bits per heavy atom. The lowest BCUT2D eigenvalue weighted by Crippen LogP contribution is -2.31. The third kappa shape index (κ3) is 4.82. The molecule has 7 nitrogen and oxygen atoms in total. The Labute approximate surface area is 253 Å². The fourth-order valence-electron chi connectivity index (χ4n) is 5.63. The van der Waals surface area contributed by atoms with Crippen LogP contribution in [0.1, 0.15) is 72.9 Å². The number of nitrogens with one attached hydrogen (secondary N) is 1. The molecule has 2 N–H and O–H groups in total. The third-order valence-corrected chi connectivity index (χ3v) is 9.13. The molecule has 0 fully saturated rings. The van der Waals surface area contributed by atoms with Crippen LogP contribution in [-0.2, 0) is 20.7 Å². The highest BCUT2D eigenvalue weighted by atomic mass is 35.5. The average molecular weight is 611 g/mol. The molecule has 2 aromatic carbocycles. The molecule has 41 heavy (non-hydrogen) atoms. The first-order valence-electron chi connectivity index (χ1n) is 13.2. The van der Waals surface area contributed by atoms with E-state index in [9.17, 15) is 9.82 Å². The highest BCUT2D eigenvalue weighted by Gasteiger charge is 2.41. The maximum absolute atomic E-state index is 13.5. The fourth-order valence-corrected chi connectivity index (χ4v) is 6.23. The zero-order valence-corrected chi connectivity index (χ0v) is 25.1. The van der Waals surface area contributed by atoms with Crippen LogP contribution in [0.5, 0.6) is 0 Å². The van der Waals surface area contributed by atoms with Crippen molar-refractivity contribution in [3.8, 4) is 0 Å². The van der Waals surface area contributed by atoms with E-state index in [1.165, 1.54) is 0 Å². The molecule has 1 amide bonds. The standard InChI is InChI=1S/C30H27BCl3N3O4/c1-16(17-7-9-20-21(12-17)31(39)40-29(20,2)3)35-28(38)26-10-8-19(25-6-5-11-37(25)26)24-15-30(4,41-36-24)18-13-22(32)27(34)23(33)14-18/h5-14,16,39H,15H2,1-4H3,(H,35,38). The number of aromatic nitrogens is 1. The maximum Gasteiger partial charge on any atom is 0.492 e. The number of benzene rings is 2. The van der Waals surface area contributed by atoms with E-state index in [0.29, 0.717) is 27.2 Å². The highest BCUT2D eigenvalue weighted by molar-refractivity contribution is 6.62. The number of fused-ring (bicyclic) bond motifs is 2. The van der Waals surface area contributed by atoms with Gasteiger partial charge in [0.25, 0.3) is 5.91 Å². The molecule has 0 saturated carbocycles. The number of nitrogens with zero attached hydrogens (tertiary/aromatic N) is 2. The predicted octanol–water partition coefficient (Wildman–Crippen LogP) is 6.38. The molecule has 210 valence electrons. The summed E-state index contributed by atoms with van der Waals surface area (Å²) in [5, 5.41) is 18.9. The van der Waals surface area contributed by atoms with E-state index in [4.69, 9.17) is 44.3 Å². The summed E-state index contributed by atoms with van der Waals surface area (Å²) in [6.07, 6.45) is 2.31. The van der Waals surface area contributed by atoms with Crippen molar-refractivity contribution in [1.82, 2.24) is 9.72 Å². The van der Waals surface area contributed by atoms with Crippen molar-refractivity contribution in [3.63, 3.8) is 0 Å². The Hall–Kier alpha value is -3.01. The zero-order chi connectivity index (χ0) is 29.3. The summed E-state index contributed by atoms with van der Waals surface area (Å²) in [7, 11) is -0.993. The molecule has 2 aliphatic heterocycles. The van der Waals surface area contributed by atoms with Crippen LogP contribution in [0.25, 0.3) is 5.52 Å². The van der Waals surface area contributed by atoms with Gasteiger partial charge in [-0.3, -0.25) is 4.79 Å². The van der Waals surface area contributed by atoms with E-state index in [2.05, 4.69) is 10.5 Å². The van der Waals surface area contributed by atoms with Crippen LogP contribution in [0.4, 0.5) is 0 Å². The van der Waals surface area contributed by atoms with Crippen LogP contribution in [0.2, 0.25) is 15.1 Å². The van der Waals surface area contributed by atoms with E-state index in [-0.39, 0.29) is 11.9 Å². The molecule has 4 aromatic rings. The third-order valence-electron chi connectivity index (χ3n) is 7.94. The van der Waals surface area contributed by atoms with Crippen molar-refractivity contribution in [2.24, 2.45) is 5.16 Å². The largest absolute Gasteiger partial charge is 0.492 e. The van der Waals surface area contributed by atoms with Gasteiger partial charge in [-0.05, 0) is 80.7 Å². The molecule has 0 bridgehead atoms. The average Bonchev–Trinajstić information content (AvgIpc) is 3.63. The van der Waals surface area contributed by atoms with Crippen molar-refractivity contribution in [1.29, 1.82) is 0 Å². The summed E-state index contributed by atoms with van der Waals surface area (Å²) in [6.45, 7) is 7.68. The summed E-state index contributed by atoms with van der Waals surface area (Å²) < 4.78 is 7.52. The lowest BCUT2D eigenvalue weighted by molar-refractivity contribution is -0.00737. The molecule has 2 atom stereocenters. The Balaban J connectivity index is 1.24. The van der Waals surface area contributed by atoms with Crippen LogP contribution >= 0.6 is 34.8 Å². The summed E-state index contributed by atoms with van der Waals surface area (Å²) >= 11 is 18.7. The minimum atomic E-state index is -0.993. The van der Waals surface area contributed by atoms with Crippen molar-refractivity contribution >= 4 is 64.5 Å². The fraction of sp³-hybridized carbons (Fsp3) is 0.267. The SMILES string of the molecule is CC(NC(=O)c1ccc(C2=NOC(C)(c3cc(Cl)c(Cl)c(Cl)c3)C2)c2cccn12)c1ccc2c(c1)B(O)OC2(C)C. The lowest BCUT2D eigenvalue weighted by atomic mass is 9.77. The van der Waals surface area contributed by atoms with Crippen molar-refractivity contribution in [3.05, 3.63) is 104 Å². The molecule has 2 unspecified atom stereocenters. The molecule has 0 radical (unpaired) electrons. The Kier molecular flexibility index (Phi) is 6.91. The van der Waals surface area contributed by atoms with Crippen molar-refractivity contribution in [2.45, 2.75) is 51.4 Å². The summed E-state index contributed by atoms with van der Waals surface area (Å²) in [6, 6.07) is 16.5. The molecular weight excluding hydrogens is 584 g/mol. The van der Waals surface area contributed by atoms with Gasteiger partial charge in [0.1, 0.15) is 5.69 Å². The number of rotatable bonds is 5. The predicted molar refractivity (Wildman–Crippen MR) is 163 cm³/mol. The van der Waals surface area contributed by atoms with E-state index >= 15 is 0 Å². The molecule has 0 saturated heterocycles. The number of halogens is 3. The van der Waals surface area contributed by atoms with Gasteiger partial charge in [-0.15, -0.1) is 0 Å². The van der Waals surface area contributed by atoms with Crippen LogP contribution in [-0.4, -0.2) is 28.2 Å². The molecule has 4 heterocycles. The smallest absolute Gasteiger partial charge is 0.423 e. The summed E-state index contributed by atoms with van der Waals surface area (Å²) in [4.78, 5) is 19.4. The Morgan fingerprint density at radius 3 is 2.56 bits per heavy atom. The molecule has 2 aromatic heterocycles. The molecule has 6 rings (SSSR count). The van der Waals surface area contributed by atoms with Crippen molar-refractivity contribution in [2.75, 3.05) is 0 Å². The highest BCUT2D eigenvalue weighted by Crippen LogP contribution is 2.41. The molecule has 0 spiro atoms. The number of hydrogen-bond donors (Lipinski definition) is 2. The van der Waals surface area contributed by atoms with E-state index in [1.54, 1.807) is 18.2 Å². The van der Waals surface area contributed by atoms with Crippen molar-refractivity contribution < 1.29 is 19.3 Å². The maximum atomic E-state index is 13.5.